The fourth-order valence-corrected chi connectivity index (χ4v) is 3.25. The molecule has 0 aliphatic carbocycles. The van der Waals surface area contributed by atoms with Crippen molar-refractivity contribution in [3.63, 3.8) is 0 Å². The molecule has 7 heteroatoms. The van der Waals surface area contributed by atoms with Crippen LogP contribution in [0.4, 0.5) is 4.39 Å². The summed E-state index contributed by atoms with van der Waals surface area (Å²) in [4.78, 5) is 25.2. The van der Waals surface area contributed by atoms with Crippen molar-refractivity contribution in [2.45, 2.75) is 17.6 Å². The lowest BCUT2D eigenvalue weighted by atomic mass is 10.1. The maximum absolute atomic E-state index is 12.9. The van der Waals surface area contributed by atoms with E-state index in [2.05, 4.69) is 5.16 Å². The van der Waals surface area contributed by atoms with Gasteiger partial charge in [0.1, 0.15) is 11.6 Å². The fraction of sp³-hybridized carbons (Fsp3) is 0.150. The number of rotatable bonds is 7. The molecule has 0 unspecified atom stereocenters. The topological polar surface area (TPSA) is 69.4 Å². The van der Waals surface area contributed by atoms with Crippen LogP contribution in [0.15, 0.2) is 64.0 Å². The average Bonchev–Trinajstić information content (AvgIpc) is 3.10. The van der Waals surface area contributed by atoms with Gasteiger partial charge in [0.05, 0.1) is 11.3 Å². The molecule has 5 nitrogen and oxygen atoms in total. The first-order valence-electron chi connectivity index (χ1n) is 8.13. The van der Waals surface area contributed by atoms with E-state index in [1.807, 2.05) is 19.1 Å². The second kappa shape index (κ2) is 8.64. The van der Waals surface area contributed by atoms with E-state index in [1.165, 1.54) is 36.0 Å². The number of nitrogens with zero attached hydrogens (tertiary/aromatic N) is 1. The smallest absolute Gasteiger partial charge is 0.339 e. The Balaban J connectivity index is 1.62. The number of hydrogen-bond acceptors (Lipinski definition) is 6. The summed E-state index contributed by atoms with van der Waals surface area (Å²) < 4.78 is 23.1. The number of aromatic nitrogens is 1. The van der Waals surface area contributed by atoms with Crippen LogP contribution in [-0.2, 0) is 10.5 Å². The molecular weight excluding hydrogens is 369 g/mol. The molecule has 0 N–H and O–H groups in total. The number of thioether (sulfide) groups is 1. The van der Waals surface area contributed by atoms with Crippen molar-refractivity contribution in [1.82, 2.24) is 5.16 Å². The van der Waals surface area contributed by atoms with Gasteiger partial charge in [0.15, 0.2) is 12.4 Å². The summed E-state index contributed by atoms with van der Waals surface area (Å²) >= 11 is 1.42. The molecule has 2 aromatic carbocycles. The van der Waals surface area contributed by atoms with Gasteiger partial charge in [-0.2, -0.15) is 0 Å². The second-order valence-corrected chi connectivity index (χ2v) is 6.74. The molecule has 0 saturated heterocycles. The van der Waals surface area contributed by atoms with E-state index >= 15 is 0 Å². The first-order valence-corrected chi connectivity index (χ1v) is 9.11. The number of benzene rings is 2. The lowest BCUT2D eigenvalue weighted by Gasteiger charge is -2.08. The molecule has 0 atom stereocenters. The van der Waals surface area contributed by atoms with Gasteiger partial charge >= 0.3 is 5.97 Å². The summed E-state index contributed by atoms with van der Waals surface area (Å²) in [5, 5.41) is 3.92. The van der Waals surface area contributed by atoms with E-state index in [9.17, 15) is 14.0 Å². The van der Waals surface area contributed by atoms with Gasteiger partial charge in [0, 0.05) is 22.3 Å². The van der Waals surface area contributed by atoms with Gasteiger partial charge in [0.25, 0.3) is 0 Å². The standard InChI is InChI=1S/C20H16FNO4S/c1-13-10-16(22-26-13)12-27-19-5-3-2-4-17(19)20(24)25-11-18(23)14-6-8-15(21)9-7-14/h2-10H,11-12H2,1H3. The van der Waals surface area contributed by atoms with E-state index in [0.717, 1.165) is 16.3 Å². The number of carbonyl (C=O) groups excluding carboxylic acids is 2. The summed E-state index contributed by atoms with van der Waals surface area (Å²) in [6, 6.07) is 13.9. The number of ketones is 1. The molecule has 27 heavy (non-hydrogen) atoms. The summed E-state index contributed by atoms with van der Waals surface area (Å²) in [5.74, 6) is -0.165. The van der Waals surface area contributed by atoms with Gasteiger partial charge in [-0.15, -0.1) is 11.8 Å². The van der Waals surface area contributed by atoms with Crippen molar-refractivity contribution in [2.24, 2.45) is 0 Å². The van der Waals surface area contributed by atoms with Crippen LogP contribution in [0.25, 0.3) is 0 Å². The highest BCUT2D eigenvalue weighted by Crippen LogP contribution is 2.26. The molecule has 3 aromatic rings. The number of aryl methyl sites for hydroxylation is 1. The molecular formula is C20H16FNO4S. The number of ether oxygens (including phenoxy) is 1. The molecule has 0 fully saturated rings. The Morgan fingerprint density at radius 1 is 1.15 bits per heavy atom. The molecule has 138 valence electrons. The Morgan fingerprint density at radius 2 is 1.89 bits per heavy atom. The first kappa shape index (κ1) is 18.8. The SMILES string of the molecule is Cc1cc(CSc2ccccc2C(=O)OCC(=O)c2ccc(F)cc2)no1. The molecule has 0 amide bonds. The van der Waals surface area contributed by atoms with Crippen molar-refractivity contribution in [1.29, 1.82) is 0 Å². The minimum atomic E-state index is -0.593. The van der Waals surface area contributed by atoms with Crippen LogP contribution in [0.5, 0.6) is 0 Å². The second-order valence-electron chi connectivity index (χ2n) is 5.72. The number of hydrogen-bond donors (Lipinski definition) is 0. The molecule has 0 aliphatic rings. The normalized spacial score (nSPS) is 10.6. The number of esters is 1. The molecule has 1 heterocycles. The summed E-state index contributed by atoms with van der Waals surface area (Å²) in [6.45, 7) is 1.40. The highest BCUT2D eigenvalue weighted by Gasteiger charge is 2.16. The van der Waals surface area contributed by atoms with Gasteiger partial charge in [-0.3, -0.25) is 4.79 Å². The molecule has 0 bridgehead atoms. The highest BCUT2D eigenvalue weighted by molar-refractivity contribution is 7.98. The van der Waals surface area contributed by atoms with Crippen LogP contribution in [-0.4, -0.2) is 23.5 Å². The van der Waals surface area contributed by atoms with Gasteiger partial charge < -0.3 is 9.26 Å². The maximum Gasteiger partial charge on any atom is 0.339 e. The molecule has 0 spiro atoms. The van der Waals surface area contributed by atoms with Crippen molar-refractivity contribution in [2.75, 3.05) is 6.61 Å². The van der Waals surface area contributed by atoms with E-state index in [0.29, 0.717) is 11.3 Å². The lowest BCUT2D eigenvalue weighted by molar-refractivity contribution is 0.0471. The van der Waals surface area contributed by atoms with Gasteiger partial charge in [-0.1, -0.05) is 17.3 Å². The third-order valence-electron chi connectivity index (χ3n) is 3.66. The average molecular weight is 385 g/mol. The van der Waals surface area contributed by atoms with Crippen LogP contribution in [0, 0.1) is 12.7 Å². The van der Waals surface area contributed by atoms with Crippen molar-refractivity contribution < 1.29 is 23.2 Å². The third kappa shape index (κ3) is 5.04. The fourth-order valence-electron chi connectivity index (χ4n) is 2.33. The Morgan fingerprint density at radius 3 is 2.59 bits per heavy atom. The van der Waals surface area contributed by atoms with E-state index < -0.39 is 24.2 Å². The van der Waals surface area contributed by atoms with E-state index in [-0.39, 0.29) is 5.56 Å². The van der Waals surface area contributed by atoms with Crippen LogP contribution in [0.3, 0.4) is 0 Å². The Kier molecular flexibility index (Phi) is 6.03. The molecule has 3 rings (SSSR count). The summed E-state index contributed by atoms with van der Waals surface area (Å²) in [6.07, 6.45) is 0. The van der Waals surface area contributed by atoms with Gasteiger partial charge in [-0.05, 0) is 43.3 Å². The quantitative estimate of drug-likeness (QED) is 0.340. The zero-order valence-electron chi connectivity index (χ0n) is 14.5. The number of Topliss-reactive ketones (excluding diaryl/α,β-unsaturated/α-hetero) is 1. The van der Waals surface area contributed by atoms with Crippen molar-refractivity contribution in [3.8, 4) is 0 Å². The highest BCUT2D eigenvalue weighted by atomic mass is 32.2. The minimum absolute atomic E-state index is 0.285. The first-order chi connectivity index (χ1) is 13.0. The Labute approximate surface area is 159 Å². The monoisotopic (exact) mass is 385 g/mol. The summed E-state index contributed by atoms with van der Waals surface area (Å²) in [5.41, 5.74) is 1.43. The minimum Gasteiger partial charge on any atom is -0.454 e. The Bertz CT molecular complexity index is 953. The van der Waals surface area contributed by atoms with Gasteiger partial charge in [0.2, 0.25) is 0 Å². The lowest BCUT2D eigenvalue weighted by Crippen LogP contribution is -2.15. The van der Waals surface area contributed by atoms with Gasteiger partial charge in [-0.25, -0.2) is 9.18 Å². The predicted molar refractivity (Wildman–Crippen MR) is 98.3 cm³/mol. The van der Waals surface area contributed by atoms with Crippen LogP contribution in [0.1, 0.15) is 32.2 Å². The van der Waals surface area contributed by atoms with Crippen LogP contribution in [0.2, 0.25) is 0 Å². The largest absolute Gasteiger partial charge is 0.454 e. The molecule has 1 aromatic heterocycles. The predicted octanol–water partition coefficient (Wildman–Crippen LogP) is 4.45. The zero-order chi connectivity index (χ0) is 19.2. The molecule has 0 aliphatic heterocycles. The third-order valence-corrected chi connectivity index (χ3v) is 4.77. The summed E-state index contributed by atoms with van der Waals surface area (Å²) in [7, 11) is 0. The van der Waals surface area contributed by atoms with Crippen molar-refractivity contribution >= 4 is 23.5 Å². The maximum atomic E-state index is 12.9. The van der Waals surface area contributed by atoms with E-state index in [1.54, 1.807) is 18.2 Å². The van der Waals surface area contributed by atoms with Crippen molar-refractivity contribution in [3.05, 3.63) is 83.0 Å². The molecule has 0 radical (unpaired) electrons. The molecule has 0 saturated carbocycles. The Hall–Kier alpha value is -2.93. The van der Waals surface area contributed by atoms with Crippen LogP contribution >= 0.6 is 11.8 Å². The van der Waals surface area contributed by atoms with E-state index in [4.69, 9.17) is 9.26 Å². The number of carbonyl (C=O) groups is 2. The number of halogens is 1. The zero-order valence-corrected chi connectivity index (χ0v) is 15.3. The van der Waals surface area contributed by atoms with Crippen LogP contribution < -0.4 is 0 Å².